The molecule has 3 aromatic rings. The van der Waals surface area contributed by atoms with E-state index in [4.69, 9.17) is 17.2 Å². The fraction of sp³-hybridized carbons (Fsp3) is 0. The quantitative estimate of drug-likeness (QED) is 0.679. The lowest BCUT2D eigenvalue weighted by Gasteiger charge is -1.97. The minimum absolute atomic E-state index is 0.0615. The van der Waals surface area contributed by atoms with Crippen molar-refractivity contribution in [3.05, 3.63) is 42.5 Å². The van der Waals surface area contributed by atoms with Crippen molar-refractivity contribution >= 4 is 52.2 Å². The highest BCUT2D eigenvalue weighted by molar-refractivity contribution is 7.85. The Hall–Kier alpha value is -1.81. The molecule has 0 atom stereocenters. The average molecular weight is 344 g/mol. The largest absolute Gasteiger partial charge is 0.425 e. The maximum atomic E-state index is 11.1. The van der Waals surface area contributed by atoms with Crippen LogP contribution in [-0.2, 0) is 20.7 Å². The van der Waals surface area contributed by atoms with Crippen LogP contribution >= 0.6 is 11.3 Å². The van der Waals surface area contributed by atoms with E-state index >= 15 is 0 Å². The molecule has 1 aromatic heterocycles. The molecule has 0 amide bonds. The molecule has 0 spiro atoms. The average Bonchev–Trinajstić information content (AvgIpc) is 2.74. The maximum absolute atomic E-state index is 11.1. The van der Waals surface area contributed by atoms with Crippen LogP contribution in [0.4, 0.5) is 0 Å². The number of hydrogen-bond donors (Lipinski definition) is 1. The van der Waals surface area contributed by atoms with Gasteiger partial charge in [-0.1, -0.05) is 18.2 Å². The highest BCUT2D eigenvalue weighted by Crippen LogP contribution is 2.34. The molecule has 1 N–H and O–H groups in total. The lowest BCUT2D eigenvalue weighted by Crippen LogP contribution is -1.96. The SMILES string of the molecule is O=S(=O)(O)c1ccc2sc3ccccc3c2c1.O=S(=O)=O. The molecule has 0 radical (unpaired) electrons. The predicted octanol–water partition coefficient (Wildman–Crippen LogP) is 2.30. The monoisotopic (exact) mass is 344 g/mol. The molecule has 0 aliphatic heterocycles. The third kappa shape index (κ3) is 3.64. The van der Waals surface area contributed by atoms with Crippen molar-refractivity contribution in [3.8, 4) is 0 Å². The summed E-state index contributed by atoms with van der Waals surface area (Å²) in [4.78, 5) is -0.0615. The number of fused-ring (bicyclic) bond motifs is 3. The van der Waals surface area contributed by atoms with Crippen LogP contribution in [0.15, 0.2) is 47.4 Å². The van der Waals surface area contributed by atoms with E-state index in [1.807, 2.05) is 24.3 Å². The Morgan fingerprint density at radius 3 is 2.10 bits per heavy atom. The summed E-state index contributed by atoms with van der Waals surface area (Å²) in [5, 5.41) is 1.87. The highest BCUT2D eigenvalue weighted by atomic mass is 32.2. The van der Waals surface area contributed by atoms with E-state index in [9.17, 15) is 8.42 Å². The topological polar surface area (TPSA) is 106 Å². The summed E-state index contributed by atoms with van der Waals surface area (Å²) in [5.41, 5.74) is 0. The number of hydrogen-bond acceptors (Lipinski definition) is 6. The Bertz CT molecular complexity index is 1010. The van der Waals surface area contributed by atoms with Crippen LogP contribution in [0.1, 0.15) is 0 Å². The smallest absolute Gasteiger partial charge is 0.282 e. The minimum atomic E-state index is -4.14. The number of thiophene rings is 1. The summed E-state index contributed by atoms with van der Waals surface area (Å²) in [5.74, 6) is 0. The van der Waals surface area contributed by atoms with Gasteiger partial charge in [-0.05, 0) is 24.3 Å². The van der Waals surface area contributed by atoms with Crippen molar-refractivity contribution < 1.29 is 25.6 Å². The molecule has 0 aliphatic rings. The fourth-order valence-corrected chi connectivity index (χ4v) is 3.46. The van der Waals surface area contributed by atoms with E-state index in [1.54, 1.807) is 17.4 Å². The molecule has 110 valence electrons. The van der Waals surface area contributed by atoms with Crippen molar-refractivity contribution in [3.63, 3.8) is 0 Å². The molecule has 2 aromatic carbocycles. The van der Waals surface area contributed by atoms with Gasteiger partial charge in [0.25, 0.3) is 10.1 Å². The van der Waals surface area contributed by atoms with Crippen LogP contribution in [0.3, 0.4) is 0 Å². The van der Waals surface area contributed by atoms with Gasteiger partial charge in [-0.15, -0.1) is 24.0 Å². The van der Waals surface area contributed by atoms with Crippen molar-refractivity contribution in [1.29, 1.82) is 0 Å². The van der Waals surface area contributed by atoms with Crippen molar-refractivity contribution in [2.75, 3.05) is 0 Å². The van der Waals surface area contributed by atoms with Gasteiger partial charge in [0.2, 0.25) is 0 Å². The molecule has 6 nitrogen and oxygen atoms in total. The van der Waals surface area contributed by atoms with Gasteiger partial charge < -0.3 is 0 Å². The molecule has 0 fully saturated rings. The first kappa shape index (κ1) is 15.6. The van der Waals surface area contributed by atoms with Crippen LogP contribution in [0, 0.1) is 0 Å². The molecule has 0 saturated carbocycles. The van der Waals surface area contributed by atoms with Gasteiger partial charge in [0, 0.05) is 20.2 Å². The standard InChI is InChI=1S/C12H8O3S2.O3S/c13-17(14,15)8-5-6-12-10(7-8)9-3-1-2-4-11(9)16-12;1-4(2)3/h1-7H,(H,13,14,15);. The third-order valence-corrected chi connectivity index (χ3v) is 4.65. The van der Waals surface area contributed by atoms with Crippen LogP contribution in [0.2, 0.25) is 0 Å². The van der Waals surface area contributed by atoms with Crippen LogP contribution in [-0.4, -0.2) is 25.6 Å². The minimum Gasteiger partial charge on any atom is -0.282 e. The molecular formula is C12H8O6S3. The molecule has 0 saturated heterocycles. The molecule has 0 aliphatic carbocycles. The zero-order valence-corrected chi connectivity index (χ0v) is 12.7. The summed E-state index contributed by atoms with van der Waals surface area (Å²) in [6, 6.07) is 12.5. The second-order valence-electron chi connectivity index (χ2n) is 3.94. The number of rotatable bonds is 1. The normalized spacial score (nSPS) is 11.1. The Morgan fingerprint density at radius 1 is 0.905 bits per heavy atom. The Balaban J connectivity index is 0.000000361. The molecule has 3 rings (SSSR count). The summed E-state index contributed by atoms with van der Waals surface area (Å²) >= 11 is 1.60. The first-order chi connectivity index (χ1) is 9.79. The van der Waals surface area contributed by atoms with Gasteiger partial charge in [-0.3, -0.25) is 4.55 Å². The maximum Gasteiger partial charge on any atom is 0.425 e. The van der Waals surface area contributed by atoms with Gasteiger partial charge in [0.05, 0.1) is 4.90 Å². The second-order valence-corrected chi connectivity index (χ2v) is 6.85. The van der Waals surface area contributed by atoms with Crippen LogP contribution in [0.25, 0.3) is 20.2 Å². The third-order valence-electron chi connectivity index (χ3n) is 2.65. The lowest BCUT2D eigenvalue weighted by atomic mass is 10.1. The van der Waals surface area contributed by atoms with E-state index < -0.39 is 20.7 Å². The summed E-state index contributed by atoms with van der Waals surface area (Å²) in [7, 11) is -7.25. The van der Waals surface area contributed by atoms with E-state index in [-0.39, 0.29) is 4.90 Å². The van der Waals surface area contributed by atoms with Crippen molar-refractivity contribution in [1.82, 2.24) is 0 Å². The van der Waals surface area contributed by atoms with Crippen LogP contribution in [0.5, 0.6) is 0 Å². The molecular weight excluding hydrogens is 336 g/mol. The summed E-state index contributed by atoms with van der Waals surface area (Å²) < 4.78 is 58.7. The first-order valence-electron chi connectivity index (χ1n) is 5.44. The van der Waals surface area contributed by atoms with Crippen LogP contribution < -0.4 is 0 Å². The van der Waals surface area contributed by atoms with Gasteiger partial charge in [-0.2, -0.15) is 8.42 Å². The fourth-order valence-electron chi connectivity index (χ4n) is 1.87. The molecule has 0 bridgehead atoms. The predicted molar refractivity (Wildman–Crippen MR) is 78.8 cm³/mol. The van der Waals surface area contributed by atoms with E-state index in [2.05, 4.69) is 0 Å². The van der Waals surface area contributed by atoms with Gasteiger partial charge in [-0.25, -0.2) is 0 Å². The number of benzene rings is 2. The Kier molecular flexibility index (Phi) is 4.37. The first-order valence-corrected chi connectivity index (χ1v) is 8.70. The van der Waals surface area contributed by atoms with Gasteiger partial charge >= 0.3 is 10.6 Å². The molecule has 1 heterocycles. The summed E-state index contributed by atoms with van der Waals surface area (Å²) in [6.07, 6.45) is 0. The lowest BCUT2D eigenvalue weighted by molar-refractivity contribution is 0.483. The highest BCUT2D eigenvalue weighted by Gasteiger charge is 2.12. The zero-order chi connectivity index (χ0) is 15.6. The Labute approximate surface area is 125 Å². The van der Waals surface area contributed by atoms with E-state index in [0.717, 1.165) is 20.2 Å². The van der Waals surface area contributed by atoms with Crippen molar-refractivity contribution in [2.45, 2.75) is 4.90 Å². The Morgan fingerprint density at radius 2 is 1.48 bits per heavy atom. The zero-order valence-electron chi connectivity index (χ0n) is 10.3. The summed E-state index contributed by atoms with van der Waals surface area (Å²) in [6.45, 7) is 0. The molecule has 21 heavy (non-hydrogen) atoms. The molecule has 9 heteroatoms. The van der Waals surface area contributed by atoms with E-state index in [0.29, 0.717) is 0 Å². The van der Waals surface area contributed by atoms with Crippen molar-refractivity contribution in [2.24, 2.45) is 0 Å². The molecule has 0 unspecified atom stereocenters. The van der Waals surface area contributed by atoms with Gasteiger partial charge in [0.15, 0.2) is 0 Å². The van der Waals surface area contributed by atoms with E-state index in [1.165, 1.54) is 12.1 Å². The van der Waals surface area contributed by atoms with Gasteiger partial charge in [0.1, 0.15) is 0 Å². The second kappa shape index (κ2) is 5.90.